The monoisotopic (exact) mass is 254 g/mol. The van der Waals surface area contributed by atoms with E-state index in [1.54, 1.807) is 12.3 Å². The first-order valence-electron chi connectivity index (χ1n) is 5.71. The summed E-state index contributed by atoms with van der Waals surface area (Å²) in [6, 6.07) is 3.62. The van der Waals surface area contributed by atoms with E-state index < -0.39 is 0 Å². The number of rotatable bonds is 5. The third-order valence-electron chi connectivity index (χ3n) is 2.67. The molecule has 17 heavy (non-hydrogen) atoms. The molecule has 1 rings (SSSR count). The van der Waals surface area contributed by atoms with Gasteiger partial charge >= 0.3 is 0 Å². The molecule has 1 aromatic rings. The number of aryl methyl sites for hydroxylation is 1. The number of aromatic nitrogens is 1. The van der Waals surface area contributed by atoms with E-state index in [1.807, 2.05) is 13.0 Å². The maximum absolute atomic E-state index is 11.8. The van der Waals surface area contributed by atoms with Crippen molar-refractivity contribution in [2.24, 2.45) is 5.41 Å². The number of hydrogen-bond donors (Lipinski definition) is 1. The Morgan fingerprint density at radius 1 is 1.47 bits per heavy atom. The zero-order valence-electron chi connectivity index (χ0n) is 10.6. The maximum Gasteiger partial charge on any atom is 0.252 e. The van der Waals surface area contributed by atoms with Crippen molar-refractivity contribution in [3.63, 3.8) is 0 Å². The predicted molar refractivity (Wildman–Crippen MR) is 70.4 cm³/mol. The smallest absolute Gasteiger partial charge is 0.252 e. The van der Waals surface area contributed by atoms with Crippen LogP contribution in [0, 0.1) is 12.3 Å². The Kier molecular flexibility index (Phi) is 4.94. The number of alkyl halides is 1. The molecular weight excluding hydrogens is 236 g/mol. The van der Waals surface area contributed by atoms with Crippen LogP contribution >= 0.6 is 11.6 Å². The summed E-state index contributed by atoms with van der Waals surface area (Å²) in [7, 11) is 0. The van der Waals surface area contributed by atoms with Crippen molar-refractivity contribution in [1.82, 2.24) is 10.3 Å². The minimum absolute atomic E-state index is 0.0233. The van der Waals surface area contributed by atoms with Gasteiger partial charge in [-0.2, -0.15) is 0 Å². The number of carbonyl (C=O) groups excluding carboxylic acids is 1. The number of amides is 1. The van der Waals surface area contributed by atoms with Crippen LogP contribution < -0.4 is 5.32 Å². The molecule has 0 aliphatic heterocycles. The Hall–Kier alpha value is -1.09. The lowest BCUT2D eigenvalue weighted by Gasteiger charge is -2.23. The van der Waals surface area contributed by atoms with Crippen LogP contribution in [-0.2, 0) is 0 Å². The van der Waals surface area contributed by atoms with Crippen LogP contribution in [0.15, 0.2) is 18.3 Å². The summed E-state index contributed by atoms with van der Waals surface area (Å²) >= 11 is 5.71. The molecule has 3 nitrogen and oxygen atoms in total. The number of hydrogen-bond acceptors (Lipinski definition) is 2. The standard InChI is InChI=1S/C13H19ClN2O/c1-10-4-5-11(8-15-10)12(17)16-9-13(2,3)6-7-14/h4-5,8H,6-7,9H2,1-3H3,(H,16,17). The van der Waals surface area contributed by atoms with E-state index in [0.29, 0.717) is 18.0 Å². The molecule has 1 N–H and O–H groups in total. The van der Waals surface area contributed by atoms with Gasteiger partial charge in [-0.3, -0.25) is 9.78 Å². The van der Waals surface area contributed by atoms with Gasteiger partial charge in [-0.25, -0.2) is 0 Å². The van der Waals surface area contributed by atoms with E-state index in [-0.39, 0.29) is 11.3 Å². The Labute approximate surface area is 108 Å². The molecule has 0 spiro atoms. The van der Waals surface area contributed by atoms with Crippen LogP contribution in [0.5, 0.6) is 0 Å². The average Bonchev–Trinajstić information content (AvgIpc) is 2.27. The van der Waals surface area contributed by atoms with Crippen molar-refractivity contribution in [2.75, 3.05) is 12.4 Å². The van der Waals surface area contributed by atoms with E-state index in [1.165, 1.54) is 0 Å². The van der Waals surface area contributed by atoms with Gasteiger partial charge in [0.25, 0.3) is 5.91 Å². The fourth-order valence-electron chi connectivity index (χ4n) is 1.37. The quantitative estimate of drug-likeness (QED) is 0.821. The molecule has 0 aromatic carbocycles. The second kappa shape index (κ2) is 6.01. The number of nitrogens with one attached hydrogen (secondary N) is 1. The molecule has 0 unspecified atom stereocenters. The van der Waals surface area contributed by atoms with Crippen LogP contribution in [0.1, 0.15) is 36.3 Å². The lowest BCUT2D eigenvalue weighted by molar-refractivity contribution is 0.0935. The molecule has 0 atom stereocenters. The van der Waals surface area contributed by atoms with Crippen LogP contribution in [0.4, 0.5) is 0 Å². The Bertz CT molecular complexity index is 374. The normalized spacial score (nSPS) is 11.3. The molecule has 4 heteroatoms. The van der Waals surface area contributed by atoms with E-state index in [9.17, 15) is 4.79 Å². The average molecular weight is 255 g/mol. The summed E-state index contributed by atoms with van der Waals surface area (Å²) < 4.78 is 0. The van der Waals surface area contributed by atoms with Crippen LogP contribution in [0.2, 0.25) is 0 Å². The summed E-state index contributed by atoms with van der Waals surface area (Å²) in [6.45, 7) is 6.68. The second-order valence-electron chi connectivity index (χ2n) is 4.97. The fraction of sp³-hybridized carbons (Fsp3) is 0.538. The lowest BCUT2D eigenvalue weighted by atomic mass is 9.90. The van der Waals surface area contributed by atoms with Gasteiger partial charge in [0.2, 0.25) is 0 Å². The predicted octanol–water partition coefficient (Wildman–Crippen LogP) is 2.77. The molecule has 0 fully saturated rings. The van der Waals surface area contributed by atoms with Crippen LogP contribution in [0.3, 0.4) is 0 Å². The number of halogens is 1. The van der Waals surface area contributed by atoms with Gasteiger partial charge in [0.15, 0.2) is 0 Å². The summed E-state index contributed by atoms with van der Waals surface area (Å²) in [5, 5.41) is 2.91. The summed E-state index contributed by atoms with van der Waals surface area (Å²) in [5.41, 5.74) is 1.52. The molecule has 94 valence electrons. The van der Waals surface area contributed by atoms with Gasteiger partial charge in [0.1, 0.15) is 0 Å². The molecule has 1 heterocycles. The number of nitrogens with zero attached hydrogens (tertiary/aromatic N) is 1. The zero-order chi connectivity index (χ0) is 12.9. The fourth-order valence-corrected chi connectivity index (χ4v) is 1.88. The van der Waals surface area contributed by atoms with Gasteiger partial charge in [0, 0.05) is 24.3 Å². The first-order chi connectivity index (χ1) is 7.94. The first kappa shape index (κ1) is 14.0. The third kappa shape index (κ3) is 4.73. The second-order valence-corrected chi connectivity index (χ2v) is 5.35. The molecule has 0 aliphatic carbocycles. The summed E-state index contributed by atoms with van der Waals surface area (Å²) in [4.78, 5) is 15.9. The van der Waals surface area contributed by atoms with E-state index in [0.717, 1.165) is 12.1 Å². The number of carbonyl (C=O) groups is 1. The highest BCUT2D eigenvalue weighted by atomic mass is 35.5. The lowest BCUT2D eigenvalue weighted by Crippen LogP contribution is -2.34. The van der Waals surface area contributed by atoms with Gasteiger partial charge < -0.3 is 5.32 Å². The highest BCUT2D eigenvalue weighted by Crippen LogP contribution is 2.19. The van der Waals surface area contributed by atoms with Gasteiger partial charge in [-0.05, 0) is 30.9 Å². The van der Waals surface area contributed by atoms with Crippen molar-refractivity contribution in [3.05, 3.63) is 29.6 Å². The maximum atomic E-state index is 11.8. The van der Waals surface area contributed by atoms with Crippen LogP contribution in [-0.4, -0.2) is 23.3 Å². The minimum atomic E-state index is -0.0832. The molecule has 0 radical (unpaired) electrons. The Morgan fingerprint density at radius 2 is 2.18 bits per heavy atom. The molecule has 0 saturated heterocycles. The zero-order valence-corrected chi connectivity index (χ0v) is 11.3. The third-order valence-corrected chi connectivity index (χ3v) is 2.86. The van der Waals surface area contributed by atoms with E-state index in [2.05, 4.69) is 24.1 Å². The van der Waals surface area contributed by atoms with Crippen LogP contribution in [0.25, 0.3) is 0 Å². The van der Waals surface area contributed by atoms with Gasteiger partial charge in [0.05, 0.1) is 5.56 Å². The molecular formula is C13H19ClN2O. The van der Waals surface area contributed by atoms with E-state index in [4.69, 9.17) is 11.6 Å². The largest absolute Gasteiger partial charge is 0.351 e. The first-order valence-corrected chi connectivity index (χ1v) is 6.25. The minimum Gasteiger partial charge on any atom is -0.351 e. The van der Waals surface area contributed by atoms with Crippen molar-refractivity contribution < 1.29 is 4.79 Å². The van der Waals surface area contributed by atoms with Crippen molar-refractivity contribution in [2.45, 2.75) is 27.2 Å². The molecule has 0 saturated carbocycles. The summed E-state index contributed by atoms with van der Waals surface area (Å²) in [6.07, 6.45) is 2.47. The Morgan fingerprint density at radius 3 is 2.71 bits per heavy atom. The van der Waals surface area contributed by atoms with Gasteiger partial charge in [-0.1, -0.05) is 13.8 Å². The molecule has 1 aromatic heterocycles. The Balaban J connectivity index is 2.53. The summed E-state index contributed by atoms with van der Waals surface area (Å²) in [5.74, 6) is 0.523. The number of pyridine rings is 1. The SMILES string of the molecule is Cc1ccc(C(=O)NCC(C)(C)CCCl)cn1. The van der Waals surface area contributed by atoms with Crippen molar-refractivity contribution >= 4 is 17.5 Å². The highest BCUT2D eigenvalue weighted by Gasteiger charge is 2.18. The van der Waals surface area contributed by atoms with Crippen molar-refractivity contribution in [3.8, 4) is 0 Å². The van der Waals surface area contributed by atoms with Crippen molar-refractivity contribution in [1.29, 1.82) is 0 Å². The molecule has 0 bridgehead atoms. The topological polar surface area (TPSA) is 42.0 Å². The molecule has 0 aliphatic rings. The molecule has 1 amide bonds. The van der Waals surface area contributed by atoms with Gasteiger partial charge in [-0.15, -0.1) is 11.6 Å². The highest BCUT2D eigenvalue weighted by molar-refractivity contribution is 6.17. The van der Waals surface area contributed by atoms with E-state index >= 15 is 0 Å².